The Labute approximate surface area is 409 Å². The predicted octanol–water partition coefficient (Wildman–Crippen LogP) is 8.51. The molecule has 5 aromatic carbocycles. The number of halogens is 5. The van der Waals surface area contributed by atoms with E-state index in [2.05, 4.69) is 15.1 Å². The molecule has 20 heteroatoms. The smallest absolute Gasteiger partial charge is 0.389 e. The molecule has 2 aliphatic rings. The zero-order valence-corrected chi connectivity index (χ0v) is 40.7. The van der Waals surface area contributed by atoms with E-state index >= 15 is 0 Å². The van der Waals surface area contributed by atoms with Crippen molar-refractivity contribution in [2.45, 2.75) is 57.7 Å². The number of amides is 1. The van der Waals surface area contributed by atoms with Gasteiger partial charge >= 0.3 is 5.51 Å². The number of thioether (sulfide) groups is 1. The first-order chi connectivity index (χ1) is 33.0. The molecule has 3 N–H and O–H groups in total. The number of anilines is 3. The number of alkyl halides is 4. The van der Waals surface area contributed by atoms with Crippen LogP contribution in [0.3, 0.4) is 0 Å². The van der Waals surface area contributed by atoms with Crippen molar-refractivity contribution in [1.29, 1.82) is 0 Å². The molecule has 69 heavy (non-hydrogen) atoms. The number of rotatable bonds is 20. The number of carbonyl (C=O) groups excluding carboxylic acids is 1. The number of nitrogens with zero attached hydrogens (tertiary/aromatic N) is 4. The molecule has 2 fully saturated rings. The zero-order chi connectivity index (χ0) is 49.3. The number of nitrogens with one attached hydrogen (secondary N) is 1. The van der Waals surface area contributed by atoms with E-state index in [0.717, 1.165) is 33.7 Å². The van der Waals surface area contributed by atoms with Gasteiger partial charge in [-0.05, 0) is 109 Å². The quantitative estimate of drug-likeness (QED) is 0.0390. The highest BCUT2D eigenvalue weighted by Crippen LogP contribution is 2.40. The van der Waals surface area contributed by atoms with Crippen molar-refractivity contribution >= 4 is 66.7 Å². The molecular weight excluding hydrogens is 978 g/mol. The number of aliphatic hydroxyl groups is 2. The molecule has 0 saturated carbocycles. The van der Waals surface area contributed by atoms with Gasteiger partial charge in [0.25, 0.3) is 19.9 Å². The molecule has 2 aliphatic heterocycles. The molecule has 0 bridgehead atoms. The van der Waals surface area contributed by atoms with Crippen LogP contribution in [0.2, 0.25) is 5.02 Å². The Morgan fingerprint density at radius 3 is 2.09 bits per heavy atom. The second kappa shape index (κ2) is 23.0. The monoisotopic (exact) mass is 1030 g/mol. The van der Waals surface area contributed by atoms with E-state index in [1.165, 1.54) is 23.9 Å². The minimum Gasteiger partial charge on any atom is -0.389 e. The van der Waals surface area contributed by atoms with Crippen LogP contribution < -0.4 is 14.5 Å². The summed E-state index contributed by atoms with van der Waals surface area (Å²) >= 11 is 7.51. The number of β-amino-alcohol motifs (C(OH)–C–C–N with tert-alkyl or cyclic N) is 1. The van der Waals surface area contributed by atoms with Gasteiger partial charge in [0.05, 0.1) is 28.5 Å². The number of piperazine rings is 1. The third-order valence-corrected chi connectivity index (χ3v) is 17.2. The number of piperidine rings is 1. The maximum Gasteiger partial charge on any atom is 0.501 e. The van der Waals surface area contributed by atoms with E-state index < -0.39 is 65.8 Å². The summed E-state index contributed by atoms with van der Waals surface area (Å²) in [6.07, 6.45) is -0.186. The van der Waals surface area contributed by atoms with E-state index in [-0.39, 0.29) is 24.6 Å². The molecule has 370 valence electrons. The van der Waals surface area contributed by atoms with Crippen LogP contribution in [0.4, 0.5) is 34.6 Å². The van der Waals surface area contributed by atoms with Gasteiger partial charge in [-0.25, -0.2) is 25.5 Å². The van der Waals surface area contributed by atoms with E-state index in [4.69, 9.17) is 11.6 Å². The summed E-state index contributed by atoms with van der Waals surface area (Å²) in [5.41, 5.74) is -3.03. The van der Waals surface area contributed by atoms with Crippen molar-refractivity contribution in [3.63, 3.8) is 0 Å². The third-order valence-electron chi connectivity index (χ3n) is 12.5. The van der Waals surface area contributed by atoms with Crippen LogP contribution in [0.15, 0.2) is 136 Å². The number of carbonyl (C=O) groups is 1. The third kappa shape index (κ3) is 12.8. The van der Waals surface area contributed by atoms with Crippen LogP contribution in [0.25, 0.3) is 11.1 Å². The summed E-state index contributed by atoms with van der Waals surface area (Å²) < 4.78 is 111. The van der Waals surface area contributed by atoms with Gasteiger partial charge in [-0.2, -0.15) is 13.2 Å². The van der Waals surface area contributed by atoms with Crippen molar-refractivity contribution in [3.8, 4) is 11.1 Å². The molecule has 7 rings (SSSR count). The number of hydrogen-bond acceptors (Lipinski definition) is 12. The van der Waals surface area contributed by atoms with E-state index in [1.807, 2.05) is 71.6 Å². The number of sulfone groups is 1. The fourth-order valence-electron chi connectivity index (χ4n) is 8.70. The Morgan fingerprint density at radius 1 is 0.812 bits per heavy atom. The van der Waals surface area contributed by atoms with Crippen molar-refractivity contribution in [1.82, 2.24) is 9.80 Å². The second-order valence-corrected chi connectivity index (χ2v) is 22.4. The summed E-state index contributed by atoms with van der Waals surface area (Å²) in [7, 11) is -11.1. The minimum atomic E-state index is -6.14. The van der Waals surface area contributed by atoms with Crippen molar-refractivity contribution in [3.05, 3.63) is 132 Å². The first kappa shape index (κ1) is 52.1. The highest BCUT2D eigenvalue weighted by molar-refractivity contribution is 7.99. The lowest BCUT2D eigenvalue weighted by Gasteiger charge is -2.36. The Bertz CT molecular complexity index is 2710. The summed E-state index contributed by atoms with van der Waals surface area (Å²) in [6, 6.07) is 32.1. The molecule has 2 saturated heterocycles. The number of benzene rings is 5. The van der Waals surface area contributed by atoms with Crippen LogP contribution in [0, 0.1) is 5.92 Å². The number of hydrogen-bond donors (Lipinski definition) is 3. The summed E-state index contributed by atoms with van der Waals surface area (Å²) in [5, 5.41) is 24.9. The van der Waals surface area contributed by atoms with Gasteiger partial charge in [-0.3, -0.25) is 9.69 Å². The maximum absolute atomic E-state index is 14.4. The summed E-state index contributed by atoms with van der Waals surface area (Å²) in [4.78, 5) is 17.4. The van der Waals surface area contributed by atoms with Crippen LogP contribution >= 0.6 is 23.4 Å². The molecular formula is C49H54ClF4N5O7S3. The molecule has 0 radical (unpaired) electrons. The largest absolute Gasteiger partial charge is 0.501 e. The normalized spacial score (nSPS) is 17.0. The summed E-state index contributed by atoms with van der Waals surface area (Å²) in [5.74, 6) is 0.243. The van der Waals surface area contributed by atoms with Crippen LogP contribution in [0.1, 0.15) is 30.9 Å². The minimum absolute atomic E-state index is 0.00301. The molecule has 3 atom stereocenters. The SMILES string of the molecule is O=CN(c1ccc(N2CCC(C(O)c3ccccc3-c3ccc(Cl)cc3)CC2)cc1)S(=O)(=O)c1ccc(N[C@H](CCN2CCN(C[C@H](O)CF)CC2)CSc2ccccc2)c(S(=O)(=O)C(F)(F)F)c1. The zero-order valence-electron chi connectivity index (χ0n) is 37.5. The van der Waals surface area contributed by atoms with Gasteiger partial charge in [-0.1, -0.05) is 66.2 Å². The van der Waals surface area contributed by atoms with Gasteiger partial charge in [0.1, 0.15) is 11.6 Å². The Kier molecular flexibility index (Phi) is 17.4. The fourth-order valence-corrected chi connectivity index (χ4v) is 12.1. The lowest BCUT2D eigenvalue weighted by atomic mass is 9.84. The lowest BCUT2D eigenvalue weighted by molar-refractivity contribution is -0.106. The average molecular weight is 1030 g/mol. The molecule has 0 aromatic heterocycles. The van der Waals surface area contributed by atoms with Gasteiger partial charge < -0.3 is 25.3 Å². The molecule has 1 unspecified atom stereocenters. The van der Waals surface area contributed by atoms with E-state index in [0.29, 0.717) is 91.9 Å². The van der Waals surface area contributed by atoms with Gasteiger partial charge in [0.15, 0.2) is 0 Å². The molecule has 0 spiro atoms. The number of sulfonamides is 1. The predicted molar refractivity (Wildman–Crippen MR) is 263 cm³/mol. The van der Waals surface area contributed by atoms with Gasteiger partial charge in [0.2, 0.25) is 6.41 Å². The lowest BCUT2D eigenvalue weighted by Crippen LogP contribution is -2.49. The van der Waals surface area contributed by atoms with E-state index in [9.17, 15) is 49.4 Å². The topological polar surface area (TPSA) is 151 Å². The fraction of sp³-hybridized carbons (Fsp3) is 0.367. The molecule has 5 aromatic rings. The Balaban J connectivity index is 1.06. The van der Waals surface area contributed by atoms with Crippen molar-refractivity contribution < 1.29 is 49.4 Å². The molecule has 0 aliphatic carbocycles. The van der Waals surface area contributed by atoms with Crippen molar-refractivity contribution in [2.75, 3.05) is 79.3 Å². The first-order valence-corrected chi connectivity index (χ1v) is 26.7. The summed E-state index contributed by atoms with van der Waals surface area (Å²) in [6.45, 7) is 3.23. The highest BCUT2D eigenvalue weighted by atomic mass is 35.5. The highest BCUT2D eigenvalue weighted by Gasteiger charge is 2.49. The first-order valence-electron chi connectivity index (χ1n) is 22.4. The van der Waals surface area contributed by atoms with Crippen LogP contribution in [-0.4, -0.2) is 126 Å². The molecule has 1 amide bonds. The van der Waals surface area contributed by atoms with Crippen LogP contribution in [0.5, 0.6) is 0 Å². The number of aliphatic hydroxyl groups excluding tert-OH is 2. The standard InChI is InChI=1S/C49H54ClF4N5O7S3/c50-37-12-10-35(11-13-37)44-8-4-5-9-45(44)48(62)36-20-24-58(25-21-36)39-14-16-40(17-15-39)59(34-60)69(65,66)43-18-19-46(47(30-43)68(63,64)49(52,53)54)55-38(33-67-42-6-2-1-3-7-42)22-23-56-26-28-57(29-27-56)32-41(61)31-51/h1-19,30,34,36,38,41,48,55,61-62H,20-29,31-33H2/t38-,41-,48?/m1/s1. The Hall–Kier alpha value is -4.73. The van der Waals surface area contributed by atoms with Gasteiger partial charge in [0, 0.05) is 79.8 Å². The van der Waals surface area contributed by atoms with Gasteiger partial charge in [-0.15, -0.1) is 11.8 Å². The van der Waals surface area contributed by atoms with Crippen molar-refractivity contribution in [2.24, 2.45) is 5.92 Å². The van der Waals surface area contributed by atoms with E-state index in [1.54, 1.807) is 24.3 Å². The maximum atomic E-state index is 14.4. The Morgan fingerprint density at radius 2 is 1.45 bits per heavy atom. The average Bonchev–Trinajstić information content (AvgIpc) is 3.35. The second-order valence-electron chi connectivity index (χ2n) is 17.1. The molecule has 2 heterocycles. The van der Waals surface area contributed by atoms with Crippen LogP contribution in [-0.2, 0) is 24.7 Å². The molecule has 12 nitrogen and oxygen atoms in total.